The summed E-state index contributed by atoms with van der Waals surface area (Å²) in [6.07, 6.45) is 0. The van der Waals surface area contributed by atoms with E-state index in [0.717, 1.165) is 10.0 Å². The van der Waals surface area contributed by atoms with Crippen molar-refractivity contribution in [2.24, 2.45) is 0 Å². The lowest BCUT2D eigenvalue weighted by Crippen LogP contribution is -2.44. The number of carbonyl (C=O) groups excluding carboxylic acids is 1. The third kappa shape index (κ3) is 2.65. The minimum Gasteiger partial charge on any atom is -0.480 e. The van der Waals surface area contributed by atoms with Gasteiger partial charge in [-0.1, -0.05) is 12.1 Å². The van der Waals surface area contributed by atoms with Crippen LogP contribution in [0, 0.1) is 6.92 Å². The Morgan fingerprint density at radius 3 is 2.79 bits per heavy atom. The maximum atomic E-state index is 12.6. The van der Waals surface area contributed by atoms with E-state index >= 15 is 0 Å². The van der Waals surface area contributed by atoms with Gasteiger partial charge in [-0.25, -0.2) is 4.79 Å². The van der Waals surface area contributed by atoms with Gasteiger partial charge in [-0.3, -0.25) is 4.79 Å². The van der Waals surface area contributed by atoms with E-state index in [1.54, 1.807) is 12.1 Å². The number of carboxylic acid groups (broad SMARTS) is 1. The number of aryl methyl sites for hydroxylation is 1. The van der Waals surface area contributed by atoms with Crippen molar-refractivity contribution in [1.29, 1.82) is 0 Å². The van der Waals surface area contributed by atoms with E-state index in [4.69, 9.17) is 0 Å². The fraction of sp³-hybridized carbons (Fsp3) is 0.385. The number of carboxylic acids is 1. The molecule has 0 aliphatic carbocycles. The molecule has 0 spiro atoms. The minimum absolute atomic E-state index is 0.124. The molecule has 0 radical (unpaired) electrons. The van der Waals surface area contributed by atoms with Gasteiger partial charge in [0.1, 0.15) is 6.04 Å². The summed E-state index contributed by atoms with van der Waals surface area (Å²) < 4.78 is 0.730. The Morgan fingerprint density at radius 2 is 2.16 bits per heavy atom. The smallest absolute Gasteiger partial charge is 0.327 e. The van der Waals surface area contributed by atoms with Crippen molar-refractivity contribution >= 4 is 39.6 Å². The number of nitrogens with zero attached hydrogens (tertiary/aromatic N) is 1. The highest BCUT2D eigenvalue weighted by Crippen LogP contribution is 2.32. The number of hydrogen-bond acceptors (Lipinski definition) is 3. The summed E-state index contributed by atoms with van der Waals surface area (Å²) in [4.78, 5) is 25.2. The van der Waals surface area contributed by atoms with Gasteiger partial charge in [-0.2, -0.15) is 0 Å². The highest BCUT2D eigenvalue weighted by Gasteiger charge is 2.40. The molecule has 2 rings (SSSR count). The predicted octanol–water partition coefficient (Wildman–Crippen LogP) is 2.75. The molecule has 1 heterocycles. The van der Waals surface area contributed by atoms with Gasteiger partial charge in [0, 0.05) is 10.2 Å². The second-order valence-electron chi connectivity index (χ2n) is 4.44. The normalized spacial score (nSPS) is 22.6. The Morgan fingerprint density at radius 1 is 1.47 bits per heavy atom. The van der Waals surface area contributed by atoms with Crippen molar-refractivity contribution in [3.8, 4) is 0 Å². The largest absolute Gasteiger partial charge is 0.480 e. The summed E-state index contributed by atoms with van der Waals surface area (Å²) in [7, 11) is 0. The first-order chi connectivity index (χ1) is 8.93. The topological polar surface area (TPSA) is 57.6 Å². The van der Waals surface area contributed by atoms with E-state index in [-0.39, 0.29) is 11.3 Å². The predicted molar refractivity (Wildman–Crippen MR) is 78.4 cm³/mol. The molecule has 1 N–H and O–H groups in total. The van der Waals surface area contributed by atoms with Crippen molar-refractivity contribution < 1.29 is 14.7 Å². The number of amides is 1. The maximum Gasteiger partial charge on any atom is 0.327 e. The van der Waals surface area contributed by atoms with E-state index in [0.29, 0.717) is 11.3 Å². The molecule has 102 valence electrons. The molecule has 6 heteroatoms. The van der Waals surface area contributed by atoms with Crippen molar-refractivity contribution in [2.75, 3.05) is 5.75 Å². The van der Waals surface area contributed by atoms with Crippen LogP contribution in [0.1, 0.15) is 22.8 Å². The zero-order valence-electron chi connectivity index (χ0n) is 10.6. The van der Waals surface area contributed by atoms with Crippen LogP contribution >= 0.6 is 27.7 Å². The molecule has 0 saturated carbocycles. The van der Waals surface area contributed by atoms with Crippen LogP contribution in [0.25, 0.3) is 0 Å². The third-order valence-corrected chi connectivity index (χ3v) is 5.43. The monoisotopic (exact) mass is 343 g/mol. The van der Waals surface area contributed by atoms with E-state index in [1.807, 2.05) is 19.9 Å². The van der Waals surface area contributed by atoms with E-state index in [2.05, 4.69) is 15.9 Å². The summed E-state index contributed by atoms with van der Waals surface area (Å²) in [5.74, 6) is -0.750. The standard InChI is InChI=1S/C13H14BrNO3S/c1-7-4-3-5-9(11(7)14)12(16)15-8(2)19-6-10(15)13(17)18/h3-5,8,10H,6H2,1-2H3,(H,17,18). The van der Waals surface area contributed by atoms with Gasteiger partial charge < -0.3 is 10.0 Å². The first-order valence-electron chi connectivity index (χ1n) is 5.85. The Kier molecular flexibility index (Phi) is 4.20. The molecule has 1 fully saturated rings. The Bertz CT molecular complexity index is 535. The molecular formula is C13H14BrNO3S. The minimum atomic E-state index is -0.950. The lowest BCUT2D eigenvalue weighted by molar-refractivity contribution is -0.141. The summed E-state index contributed by atoms with van der Waals surface area (Å²) in [6.45, 7) is 3.76. The molecular weight excluding hydrogens is 330 g/mol. The Labute approximate surface area is 124 Å². The quantitative estimate of drug-likeness (QED) is 0.896. The summed E-state index contributed by atoms with van der Waals surface area (Å²) in [6, 6.07) is 4.67. The number of rotatable bonds is 2. The second-order valence-corrected chi connectivity index (χ2v) is 6.58. The first kappa shape index (κ1) is 14.4. The molecule has 1 saturated heterocycles. The van der Waals surface area contributed by atoms with Crippen LogP contribution < -0.4 is 0 Å². The molecule has 1 aromatic rings. The van der Waals surface area contributed by atoms with Crippen LogP contribution in [0.2, 0.25) is 0 Å². The average Bonchev–Trinajstić information content (AvgIpc) is 2.74. The van der Waals surface area contributed by atoms with Crippen molar-refractivity contribution in [3.05, 3.63) is 33.8 Å². The number of benzene rings is 1. The van der Waals surface area contributed by atoms with Crippen LogP contribution in [-0.4, -0.2) is 39.1 Å². The molecule has 4 nitrogen and oxygen atoms in total. The van der Waals surface area contributed by atoms with E-state index in [1.165, 1.54) is 16.7 Å². The molecule has 0 aromatic heterocycles. The molecule has 2 atom stereocenters. The lowest BCUT2D eigenvalue weighted by atomic mass is 10.1. The highest BCUT2D eigenvalue weighted by molar-refractivity contribution is 9.10. The van der Waals surface area contributed by atoms with Crippen LogP contribution in [0.15, 0.2) is 22.7 Å². The SMILES string of the molecule is Cc1cccc(C(=O)N2C(C)SCC2C(=O)O)c1Br. The van der Waals surface area contributed by atoms with Crippen molar-refractivity contribution in [3.63, 3.8) is 0 Å². The second kappa shape index (κ2) is 5.54. The van der Waals surface area contributed by atoms with Gasteiger partial charge in [0.2, 0.25) is 0 Å². The Balaban J connectivity index is 2.37. The van der Waals surface area contributed by atoms with Crippen molar-refractivity contribution in [2.45, 2.75) is 25.3 Å². The van der Waals surface area contributed by atoms with E-state index < -0.39 is 12.0 Å². The molecule has 1 amide bonds. The van der Waals surface area contributed by atoms with Gasteiger partial charge in [0.05, 0.1) is 10.9 Å². The fourth-order valence-corrected chi connectivity index (χ4v) is 3.69. The average molecular weight is 344 g/mol. The maximum absolute atomic E-state index is 12.6. The number of thioether (sulfide) groups is 1. The summed E-state index contributed by atoms with van der Waals surface area (Å²) in [5.41, 5.74) is 1.47. The van der Waals surface area contributed by atoms with Crippen LogP contribution in [-0.2, 0) is 4.79 Å². The summed E-state index contributed by atoms with van der Waals surface area (Å²) in [5, 5.41) is 9.08. The Hall–Kier alpha value is -1.01. The van der Waals surface area contributed by atoms with Crippen LogP contribution in [0.5, 0.6) is 0 Å². The van der Waals surface area contributed by atoms with Crippen LogP contribution in [0.4, 0.5) is 0 Å². The summed E-state index contributed by atoms with van der Waals surface area (Å²) >= 11 is 4.89. The first-order valence-corrected chi connectivity index (χ1v) is 7.70. The van der Waals surface area contributed by atoms with Gasteiger partial charge in [-0.05, 0) is 41.4 Å². The highest BCUT2D eigenvalue weighted by atomic mass is 79.9. The lowest BCUT2D eigenvalue weighted by Gasteiger charge is -2.25. The van der Waals surface area contributed by atoms with Gasteiger partial charge in [0.15, 0.2) is 0 Å². The molecule has 2 unspecified atom stereocenters. The number of hydrogen-bond donors (Lipinski definition) is 1. The molecule has 1 aromatic carbocycles. The van der Waals surface area contributed by atoms with Crippen LogP contribution in [0.3, 0.4) is 0 Å². The molecule has 19 heavy (non-hydrogen) atoms. The van der Waals surface area contributed by atoms with Gasteiger partial charge >= 0.3 is 5.97 Å². The molecule has 1 aliphatic rings. The number of carbonyl (C=O) groups is 2. The zero-order valence-corrected chi connectivity index (χ0v) is 13.0. The zero-order chi connectivity index (χ0) is 14.2. The van der Waals surface area contributed by atoms with Gasteiger partial charge in [-0.15, -0.1) is 11.8 Å². The van der Waals surface area contributed by atoms with E-state index in [9.17, 15) is 14.7 Å². The molecule has 1 aliphatic heterocycles. The fourth-order valence-electron chi connectivity index (χ4n) is 2.09. The number of aliphatic carboxylic acids is 1. The molecule has 0 bridgehead atoms. The third-order valence-electron chi connectivity index (χ3n) is 3.16. The van der Waals surface area contributed by atoms with Gasteiger partial charge in [0.25, 0.3) is 5.91 Å². The van der Waals surface area contributed by atoms with Crippen molar-refractivity contribution in [1.82, 2.24) is 4.90 Å². The number of halogens is 1.